The summed E-state index contributed by atoms with van der Waals surface area (Å²) in [6.45, 7) is 25.4. The molecule has 0 amide bonds. The van der Waals surface area contributed by atoms with Gasteiger partial charge in [-0.25, -0.2) is 4.98 Å². The summed E-state index contributed by atoms with van der Waals surface area (Å²) in [7, 11) is 0. The molecule has 1 aliphatic rings. The first-order chi connectivity index (χ1) is 35.9. The van der Waals surface area contributed by atoms with E-state index in [1.807, 2.05) is 12.3 Å². The third-order valence-corrected chi connectivity index (χ3v) is 15.1. The summed E-state index contributed by atoms with van der Waals surface area (Å²) in [6, 6.07) is 79.3. The van der Waals surface area contributed by atoms with E-state index in [4.69, 9.17) is 9.72 Å². The molecule has 6 heteroatoms. The standard InChI is InChI=1S/C70H65N4O.Pt/c1-67(2,3)54-37-38-71-64(44-54)74-62-34-24-23-33-60(62)61-36-35-58(46-63(61)74)75-59-42-51(49-27-17-12-18-28-49)41-57(45-59)73-47-72(56-40-50(48-25-15-11-16-26-48)39-55(43-56)68(4,5)6)65(69(7,8)52-29-19-13-20-30-52)66(73)70(9,10)53-31-21-14-22-32-53;/h11-44,47H,1-10H3;/q-3;. The maximum Gasteiger partial charge on any atom is 0.135 e. The van der Waals surface area contributed by atoms with E-state index in [9.17, 15) is 0 Å². The first-order valence-corrected chi connectivity index (χ1v) is 26.2. The van der Waals surface area contributed by atoms with Gasteiger partial charge >= 0.3 is 0 Å². The van der Waals surface area contributed by atoms with Crippen molar-refractivity contribution in [3.05, 3.63) is 259 Å². The second-order valence-corrected chi connectivity index (χ2v) is 23.1. The van der Waals surface area contributed by atoms with Crippen molar-refractivity contribution in [3.63, 3.8) is 0 Å². The normalized spacial score (nSPS) is 13.4. The molecule has 1 aliphatic heterocycles. The topological polar surface area (TPSA) is 33.5 Å². The Bertz CT molecular complexity index is 3730. The molecule has 0 radical (unpaired) electrons. The van der Waals surface area contributed by atoms with Gasteiger partial charge in [0.1, 0.15) is 5.82 Å². The minimum Gasteiger partial charge on any atom is -0.509 e. The molecule has 0 saturated heterocycles. The molecule has 0 unspecified atom stereocenters. The van der Waals surface area contributed by atoms with Crippen LogP contribution in [0.1, 0.15) is 91.5 Å². The second-order valence-electron chi connectivity index (χ2n) is 23.1. The van der Waals surface area contributed by atoms with Crippen molar-refractivity contribution in [2.75, 3.05) is 9.80 Å². The van der Waals surface area contributed by atoms with E-state index in [2.05, 4.69) is 297 Å². The van der Waals surface area contributed by atoms with Crippen LogP contribution in [0.2, 0.25) is 0 Å². The van der Waals surface area contributed by atoms with Gasteiger partial charge in [-0.05, 0) is 85.5 Å². The third kappa shape index (κ3) is 9.83. The van der Waals surface area contributed by atoms with Crippen LogP contribution in [-0.4, -0.2) is 9.55 Å². The van der Waals surface area contributed by atoms with Gasteiger partial charge in [0, 0.05) is 72.2 Å². The average molecular weight is 1170 g/mol. The molecule has 5 nitrogen and oxygen atoms in total. The summed E-state index contributed by atoms with van der Waals surface area (Å²) in [4.78, 5) is 9.79. The molecule has 3 heterocycles. The Balaban J connectivity index is 0.00000657. The van der Waals surface area contributed by atoms with Gasteiger partial charge in [0.05, 0.1) is 0 Å². The fraction of sp³-hybridized carbons (Fsp3) is 0.200. The van der Waals surface area contributed by atoms with Crippen molar-refractivity contribution in [1.29, 1.82) is 0 Å². The third-order valence-electron chi connectivity index (χ3n) is 15.1. The molecule has 76 heavy (non-hydrogen) atoms. The van der Waals surface area contributed by atoms with Crippen molar-refractivity contribution in [2.24, 2.45) is 0 Å². The number of rotatable bonds is 11. The molecule has 384 valence electrons. The summed E-state index contributed by atoms with van der Waals surface area (Å²) in [5, 5.41) is 2.21. The van der Waals surface area contributed by atoms with Crippen molar-refractivity contribution >= 4 is 33.2 Å². The van der Waals surface area contributed by atoms with Crippen LogP contribution < -0.4 is 14.5 Å². The Morgan fingerprint density at radius 1 is 0.434 bits per heavy atom. The maximum atomic E-state index is 7.10. The molecule has 10 aromatic rings. The van der Waals surface area contributed by atoms with Crippen LogP contribution in [0, 0.1) is 18.8 Å². The summed E-state index contributed by atoms with van der Waals surface area (Å²) in [5.74, 6) is 2.00. The van der Waals surface area contributed by atoms with Crippen LogP contribution in [0.5, 0.6) is 11.5 Å². The largest absolute Gasteiger partial charge is 0.509 e. The molecule has 2 aromatic heterocycles. The molecule has 0 atom stereocenters. The number of allylic oxidation sites excluding steroid dienone is 2. The van der Waals surface area contributed by atoms with E-state index in [0.717, 1.165) is 55.8 Å². The summed E-state index contributed by atoms with van der Waals surface area (Å²) in [5.41, 5.74) is 14.3. The van der Waals surface area contributed by atoms with Gasteiger partial charge in [0.15, 0.2) is 0 Å². The zero-order valence-corrected chi connectivity index (χ0v) is 47.5. The molecule has 11 rings (SSSR count). The minimum atomic E-state index is -0.528. The van der Waals surface area contributed by atoms with Crippen molar-refractivity contribution in [2.45, 2.75) is 90.9 Å². The Morgan fingerprint density at radius 3 is 1.57 bits per heavy atom. The molecular formula is C70H65N4OPt-3. The SMILES string of the molecule is CC(C)(C)c1cc(-c2ccccc2)cc(N2[CH-]N(c3[c-]c(Oc4[c-]c5c(cc4)c4ccccc4n5-c4cc(C(C)(C)C)ccn4)cc(-c4ccccc4)c3)C(C(C)(C)c3ccccc3)=C2C(C)(C)c2ccccc2)c1.[Pt]. The molecule has 0 spiro atoms. The van der Waals surface area contributed by atoms with Gasteiger partial charge in [-0.15, -0.1) is 53.6 Å². The number of hydrogen-bond donors (Lipinski definition) is 0. The Labute approximate surface area is 464 Å². The van der Waals surface area contributed by atoms with Crippen LogP contribution in [0.3, 0.4) is 0 Å². The number of para-hydroxylation sites is 1. The zero-order valence-electron chi connectivity index (χ0n) is 45.2. The quantitative estimate of drug-likeness (QED) is 0.121. The smallest absolute Gasteiger partial charge is 0.135 e. The summed E-state index contributed by atoms with van der Waals surface area (Å²) >= 11 is 0. The predicted molar refractivity (Wildman–Crippen MR) is 313 cm³/mol. The Hall–Kier alpha value is -7.46. The molecule has 0 aliphatic carbocycles. The van der Waals surface area contributed by atoms with Crippen LogP contribution in [-0.2, 0) is 42.7 Å². The monoisotopic (exact) mass is 1170 g/mol. The number of benzene rings is 8. The minimum absolute atomic E-state index is 0. The van der Waals surface area contributed by atoms with Gasteiger partial charge < -0.3 is 19.1 Å². The molecular weight excluding hydrogens is 1110 g/mol. The van der Waals surface area contributed by atoms with Gasteiger partial charge in [0.2, 0.25) is 0 Å². The number of hydrogen-bond acceptors (Lipinski definition) is 4. The molecule has 0 bridgehead atoms. The van der Waals surface area contributed by atoms with Crippen LogP contribution in [0.25, 0.3) is 49.9 Å². The van der Waals surface area contributed by atoms with E-state index in [1.165, 1.54) is 39.1 Å². The summed E-state index contributed by atoms with van der Waals surface area (Å²) < 4.78 is 9.31. The number of fused-ring (bicyclic) bond motifs is 3. The van der Waals surface area contributed by atoms with E-state index >= 15 is 0 Å². The van der Waals surface area contributed by atoms with E-state index < -0.39 is 10.8 Å². The van der Waals surface area contributed by atoms with E-state index in [0.29, 0.717) is 11.5 Å². The van der Waals surface area contributed by atoms with Gasteiger partial charge in [-0.1, -0.05) is 220 Å². The van der Waals surface area contributed by atoms with Gasteiger partial charge in [0.25, 0.3) is 0 Å². The average Bonchev–Trinajstić information content (AvgIpc) is 4.05. The molecule has 0 N–H and O–H groups in total. The van der Waals surface area contributed by atoms with Crippen LogP contribution >= 0.6 is 0 Å². The van der Waals surface area contributed by atoms with Crippen LogP contribution in [0.15, 0.2) is 218 Å². The predicted octanol–water partition coefficient (Wildman–Crippen LogP) is 18.1. The van der Waals surface area contributed by atoms with Crippen molar-refractivity contribution in [1.82, 2.24) is 9.55 Å². The van der Waals surface area contributed by atoms with E-state index in [-0.39, 0.29) is 31.9 Å². The van der Waals surface area contributed by atoms with Gasteiger partial charge in [-0.3, -0.25) is 0 Å². The maximum absolute atomic E-state index is 7.10. The van der Waals surface area contributed by atoms with Crippen molar-refractivity contribution < 1.29 is 25.8 Å². The second kappa shape index (κ2) is 20.2. The molecule has 0 fully saturated rings. The molecule has 0 saturated carbocycles. The first kappa shape index (κ1) is 52.0. The number of aromatic nitrogens is 2. The molecule has 8 aromatic carbocycles. The summed E-state index contributed by atoms with van der Waals surface area (Å²) in [6.07, 6.45) is 1.91. The Kier molecular flexibility index (Phi) is 13.9. The first-order valence-electron chi connectivity index (χ1n) is 26.2. The van der Waals surface area contributed by atoms with Crippen LogP contribution in [0.4, 0.5) is 11.4 Å². The fourth-order valence-electron chi connectivity index (χ4n) is 10.8. The van der Waals surface area contributed by atoms with Gasteiger partial charge in [-0.2, -0.15) is 6.07 Å². The Morgan fingerprint density at radius 2 is 0.974 bits per heavy atom. The number of pyridine rings is 1. The number of anilines is 2. The fourth-order valence-corrected chi connectivity index (χ4v) is 10.8. The zero-order chi connectivity index (χ0) is 52.3. The van der Waals surface area contributed by atoms with E-state index in [1.54, 1.807) is 0 Å². The number of ether oxygens (including phenoxy) is 1. The number of nitrogens with zero attached hydrogens (tertiary/aromatic N) is 4. The van der Waals surface area contributed by atoms with Crippen molar-refractivity contribution in [3.8, 4) is 39.6 Å².